The van der Waals surface area contributed by atoms with Crippen LogP contribution in [0.1, 0.15) is 16.7 Å². The summed E-state index contributed by atoms with van der Waals surface area (Å²) in [5, 5.41) is 7.10. The second-order valence-corrected chi connectivity index (χ2v) is 5.46. The first-order valence-electron chi connectivity index (χ1n) is 5.71. The zero-order valence-corrected chi connectivity index (χ0v) is 11.9. The van der Waals surface area contributed by atoms with Crippen LogP contribution in [0.25, 0.3) is 0 Å². The highest BCUT2D eigenvalue weighted by Crippen LogP contribution is 2.13. The van der Waals surface area contributed by atoms with Crippen molar-refractivity contribution in [3.8, 4) is 0 Å². The van der Waals surface area contributed by atoms with E-state index in [1.54, 1.807) is 11.3 Å². The number of hydrogen-bond donors (Lipinski definition) is 2. The van der Waals surface area contributed by atoms with E-state index in [1.165, 1.54) is 11.1 Å². The number of thiophene rings is 1. The molecule has 1 N–H and O–H groups in total. The highest BCUT2D eigenvalue weighted by atomic mass is 32.1. The second kappa shape index (κ2) is 6.07. The molecule has 0 unspecified atom stereocenters. The Morgan fingerprint density at radius 1 is 1.28 bits per heavy atom. The van der Waals surface area contributed by atoms with Gasteiger partial charge in [-0.15, -0.1) is 12.6 Å². The molecule has 2 aromatic rings. The predicted octanol–water partition coefficient (Wildman–Crippen LogP) is 3.20. The molecule has 1 amide bonds. The van der Waals surface area contributed by atoms with Gasteiger partial charge in [-0.05, 0) is 46.5 Å². The summed E-state index contributed by atoms with van der Waals surface area (Å²) in [7, 11) is 0. The van der Waals surface area contributed by atoms with Crippen molar-refractivity contribution in [2.24, 2.45) is 0 Å². The molecule has 0 aliphatic carbocycles. The van der Waals surface area contributed by atoms with Gasteiger partial charge >= 0.3 is 0 Å². The van der Waals surface area contributed by atoms with Crippen molar-refractivity contribution >= 4 is 29.9 Å². The minimum atomic E-state index is 0.0486. The van der Waals surface area contributed by atoms with E-state index in [9.17, 15) is 4.79 Å². The summed E-state index contributed by atoms with van der Waals surface area (Å²) in [6.45, 7) is 2.67. The van der Waals surface area contributed by atoms with E-state index >= 15 is 0 Å². The summed E-state index contributed by atoms with van der Waals surface area (Å²) in [6, 6.07) is 7.65. The van der Waals surface area contributed by atoms with Crippen LogP contribution >= 0.6 is 24.0 Å². The van der Waals surface area contributed by atoms with Gasteiger partial charge in [-0.25, -0.2) is 0 Å². The van der Waals surface area contributed by atoms with Crippen LogP contribution in [0.3, 0.4) is 0 Å². The predicted molar refractivity (Wildman–Crippen MR) is 78.3 cm³/mol. The molecule has 1 heterocycles. The molecule has 0 fully saturated rings. The maximum Gasteiger partial charge on any atom is 0.224 e. The summed E-state index contributed by atoms with van der Waals surface area (Å²) >= 11 is 5.88. The first kappa shape index (κ1) is 13.2. The average Bonchev–Trinajstić information content (AvgIpc) is 2.75. The number of amides is 1. The van der Waals surface area contributed by atoms with Crippen LogP contribution in [0.5, 0.6) is 0 Å². The quantitative estimate of drug-likeness (QED) is 0.826. The molecule has 18 heavy (non-hydrogen) atoms. The number of carbonyl (C=O) groups is 1. The minimum absolute atomic E-state index is 0.0486. The molecule has 0 radical (unpaired) electrons. The van der Waals surface area contributed by atoms with Crippen molar-refractivity contribution < 1.29 is 4.79 Å². The molecule has 2 rings (SSSR count). The van der Waals surface area contributed by atoms with Gasteiger partial charge in [0.2, 0.25) is 5.91 Å². The maximum absolute atomic E-state index is 11.8. The third-order valence-corrected chi connectivity index (χ3v) is 3.95. The summed E-state index contributed by atoms with van der Waals surface area (Å²) in [4.78, 5) is 12.7. The van der Waals surface area contributed by atoms with Crippen LogP contribution in [-0.2, 0) is 17.8 Å². The van der Waals surface area contributed by atoms with E-state index in [2.05, 4.69) is 35.6 Å². The van der Waals surface area contributed by atoms with Gasteiger partial charge in [0.15, 0.2) is 0 Å². The zero-order chi connectivity index (χ0) is 13.0. The fraction of sp³-hybridized carbons (Fsp3) is 0.214. The minimum Gasteiger partial charge on any atom is -0.352 e. The second-order valence-electron chi connectivity index (χ2n) is 4.20. The fourth-order valence-electron chi connectivity index (χ4n) is 1.62. The highest BCUT2D eigenvalue weighted by molar-refractivity contribution is 7.80. The molecule has 0 bridgehead atoms. The van der Waals surface area contributed by atoms with E-state index in [-0.39, 0.29) is 5.91 Å². The van der Waals surface area contributed by atoms with Crippen molar-refractivity contribution in [2.75, 3.05) is 0 Å². The van der Waals surface area contributed by atoms with E-state index in [0.29, 0.717) is 13.0 Å². The number of benzene rings is 1. The largest absolute Gasteiger partial charge is 0.352 e. The van der Waals surface area contributed by atoms with Gasteiger partial charge in [-0.2, -0.15) is 11.3 Å². The van der Waals surface area contributed by atoms with Crippen LogP contribution in [0.15, 0.2) is 39.9 Å². The van der Waals surface area contributed by atoms with Crippen LogP contribution in [-0.4, -0.2) is 5.91 Å². The monoisotopic (exact) mass is 277 g/mol. The lowest BCUT2D eigenvalue weighted by Gasteiger charge is -2.05. The first-order chi connectivity index (χ1) is 8.65. The average molecular weight is 277 g/mol. The number of aryl methyl sites for hydroxylation is 1. The number of carbonyl (C=O) groups excluding carboxylic acids is 1. The standard InChI is InChI=1S/C14H15NOS2/c1-10-8-18-9-12(10)7-15-14(16)6-11-2-4-13(17)5-3-11/h2-5,8-9,17H,6-7H2,1H3,(H,15,16). The van der Waals surface area contributed by atoms with Gasteiger partial charge in [0.1, 0.15) is 0 Å². The molecule has 4 heteroatoms. The summed E-state index contributed by atoms with van der Waals surface area (Å²) in [5.74, 6) is 0.0486. The lowest BCUT2D eigenvalue weighted by Crippen LogP contribution is -2.24. The van der Waals surface area contributed by atoms with E-state index in [1.807, 2.05) is 24.3 Å². The van der Waals surface area contributed by atoms with E-state index in [0.717, 1.165) is 10.5 Å². The Bertz CT molecular complexity index is 531. The van der Waals surface area contributed by atoms with Crippen LogP contribution < -0.4 is 5.32 Å². The van der Waals surface area contributed by atoms with E-state index < -0.39 is 0 Å². The highest BCUT2D eigenvalue weighted by Gasteiger charge is 2.05. The number of rotatable bonds is 4. The number of hydrogen-bond acceptors (Lipinski definition) is 3. The van der Waals surface area contributed by atoms with Crippen LogP contribution in [0.4, 0.5) is 0 Å². The molecule has 1 aromatic carbocycles. The summed E-state index contributed by atoms with van der Waals surface area (Å²) in [5.41, 5.74) is 3.44. The van der Waals surface area contributed by atoms with Gasteiger partial charge < -0.3 is 5.32 Å². The Morgan fingerprint density at radius 3 is 2.61 bits per heavy atom. The lowest BCUT2D eigenvalue weighted by atomic mass is 10.1. The van der Waals surface area contributed by atoms with Crippen molar-refractivity contribution in [3.05, 3.63) is 51.7 Å². The Kier molecular flexibility index (Phi) is 4.44. The molecule has 0 saturated heterocycles. The van der Waals surface area contributed by atoms with Crippen molar-refractivity contribution in [2.45, 2.75) is 24.8 Å². The smallest absolute Gasteiger partial charge is 0.224 e. The molecular weight excluding hydrogens is 262 g/mol. The van der Waals surface area contributed by atoms with Gasteiger partial charge in [-0.3, -0.25) is 4.79 Å². The Hall–Kier alpha value is -1.26. The maximum atomic E-state index is 11.8. The SMILES string of the molecule is Cc1cscc1CNC(=O)Cc1ccc(S)cc1. The van der Waals surface area contributed by atoms with Crippen molar-refractivity contribution in [1.82, 2.24) is 5.32 Å². The molecule has 0 atom stereocenters. The first-order valence-corrected chi connectivity index (χ1v) is 7.10. The van der Waals surface area contributed by atoms with Gasteiger partial charge in [0, 0.05) is 11.4 Å². The molecule has 0 aliphatic heterocycles. The van der Waals surface area contributed by atoms with Gasteiger partial charge in [-0.1, -0.05) is 12.1 Å². The van der Waals surface area contributed by atoms with E-state index in [4.69, 9.17) is 0 Å². The Morgan fingerprint density at radius 2 is 2.00 bits per heavy atom. The summed E-state index contributed by atoms with van der Waals surface area (Å²) in [6.07, 6.45) is 0.414. The molecule has 94 valence electrons. The summed E-state index contributed by atoms with van der Waals surface area (Å²) < 4.78 is 0. The Balaban J connectivity index is 1.86. The topological polar surface area (TPSA) is 29.1 Å². The lowest BCUT2D eigenvalue weighted by molar-refractivity contribution is -0.120. The van der Waals surface area contributed by atoms with Crippen LogP contribution in [0.2, 0.25) is 0 Å². The Labute approximate surface area is 116 Å². The van der Waals surface area contributed by atoms with Gasteiger partial charge in [0.25, 0.3) is 0 Å². The molecule has 2 nitrogen and oxygen atoms in total. The van der Waals surface area contributed by atoms with Crippen molar-refractivity contribution in [1.29, 1.82) is 0 Å². The molecular formula is C14H15NOS2. The molecule has 0 spiro atoms. The van der Waals surface area contributed by atoms with Gasteiger partial charge in [0.05, 0.1) is 6.42 Å². The third kappa shape index (κ3) is 3.62. The van der Waals surface area contributed by atoms with Crippen LogP contribution in [0, 0.1) is 6.92 Å². The fourth-order valence-corrected chi connectivity index (χ4v) is 2.63. The normalized spacial score (nSPS) is 10.3. The van der Waals surface area contributed by atoms with Crippen molar-refractivity contribution in [3.63, 3.8) is 0 Å². The molecule has 0 saturated carbocycles. The zero-order valence-electron chi connectivity index (χ0n) is 10.1. The number of nitrogens with one attached hydrogen (secondary N) is 1. The molecule has 1 aromatic heterocycles. The molecule has 0 aliphatic rings. The number of thiol groups is 1. The third-order valence-electron chi connectivity index (χ3n) is 2.74.